The van der Waals surface area contributed by atoms with E-state index in [0.29, 0.717) is 26.3 Å². The van der Waals surface area contributed by atoms with E-state index in [1.807, 2.05) is 74.5 Å². The van der Waals surface area contributed by atoms with Gasteiger partial charge in [0.05, 0.1) is 44.1 Å². The zero-order valence-electron chi connectivity index (χ0n) is 16.5. The Balaban J connectivity index is 0.000000162. The smallest absolute Gasteiger partial charge is 0.0860 e. The summed E-state index contributed by atoms with van der Waals surface area (Å²) >= 11 is 0. The van der Waals surface area contributed by atoms with Crippen LogP contribution in [0, 0.1) is 0 Å². The maximum absolute atomic E-state index is 9.92. The third-order valence-corrected chi connectivity index (χ3v) is 5.08. The summed E-state index contributed by atoms with van der Waals surface area (Å²) in [6.45, 7) is 6.29. The van der Waals surface area contributed by atoms with Crippen molar-refractivity contribution >= 4 is 0 Å². The molecule has 0 spiro atoms. The van der Waals surface area contributed by atoms with Gasteiger partial charge in [-0.3, -0.25) is 0 Å². The highest BCUT2D eigenvalue weighted by Crippen LogP contribution is 2.29. The molecule has 0 amide bonds. The molecular formula is C22H30N2O4. The van der Waals surface area contributed by atoms with Gasteiger partial charge in [-0.1, -0.05) is 60.7 Å². The number of rotatable bonds is 2. The van der Waals surface area contributed by atoms with Crippen molar-refractivity contribution in [1.82, 2.24) is 10.1 Å². The van der Waals surface area contributed by atoms with Crippen molar-refractivity contribution < 1.29 is 19.9 Å². The lowest BCUT2D eigenvalue weighted by atomic mass is 10.00. The SMILES string of the molecule is CC1CN(O)C(c2ccccc2)C(C)O1.ON1CCOCC1c1ccccc1. The van der Waals surface area contributed by atoms with Crippen molar-refractivity contribution in [3.8, 4) is 0 Å². The predicted octanol–water partition coefficient (Wildman–Crippen LogP) is 3.68. The molecule has 6 heteroatoms. The van der Waals surface area contributed by atoms with E-state index >= 15 is 0 Å². The summed E-state index contributed by atoms with van der Waals surface area (Å²) in [5.41, 5.74) is 2.20. The van der Waals surface area contributed by atoms with E-state index in [2.05, 4.69) is 0 Å². The molecule has 28 heavy (non-hydrogen) atoms. The van der Waals surface area contributed by atoms with Crippen LogP contribution in [0.1, 0.15) is 37.1 Å². The fourth-order valence-electron chi connectivity index (χ4n) is 3.73. The predicted molar refractivity (Wildman–Crippen MR) is 106 cm³/mol. The second-order valence-corrected chi connectivity index (χ2v) is 7.29. The highest BCUT2D eigenvalue weighted by molar-refractivity contribution is 5.20. The Kier molecular flexibility index (Phi) is 7.56. The van der Waals surface area contributed by atoms with Crippen LogP contribution in [0.3, 0.4) is 0 Å². The molecule has 152 valence electrons. The first-order valence-corrected chi connectivity index (χ1v) is 9.80. The van der Waals surface area contributed by atoms with Gasteiger partial charge in [0.15, 0.2) is 0 Å². The standard InChI is InChI=1S/C12H17NO2.C10H13NO2/c1-9-8-13(14)12(10(2)15-9)11-6-4-3-5-7-11;12-11-6-7-13-8-10(11)9-4-2-1-3-5-9/h3-7,9-10,12,14H,8H2,1-2H3;1-5,10,12H,6-8H2. The van der Waals surface area contributed by atoms with Crippen molar-refractivity contribution in [2.24, 2.45) is 0 Å². The molecule has 0 bridgehead atoms. The number of morpholine rings is 2. The number of hydrogen-bond donors (Lipinski definition) is 2. The van der Waals surface area contributed by atoms with Crippen LogP contribution in [-0.4, -0.2) is 59.1 Å². The summed E-state index contributed by atoms with van der Waals surface area (Å²) in [6.07, 6.45) is 0.103. The summed E-state index contributed by atoms with van der Waals surface area (Å²) in [5, 5.41) is 22.2. The molecule has 2 saturated heterocycles. The summed E-state index contributed by atoms with van der Waals surface area (Å²) in [5.74, 6) is 0. The Bertz CT molecular complexity index is 688. The maximum Gasteiger partial charge on any atom is 0.0860 e. The molecule has 4 atom stereocenters. The van der Waals surface area contributed by atoms with Gasteiger partial charge in [0, 0.05) is 6.54 Å². The number of ether oxygens (including phenoxy) is 2. The van der Waals surface area contributed by atoms with Crippen LogP contribution in [0.5, 0.6) is 0 Å². The minimum atomic E-state index is -0.0533. The molecule has 0 radical (unpaired) electrons. The lowest BCUT2D eigenvalue weighted by Gasteiger charge is -2.39. The van der Waals surface area contributed by atoms with E-state index < -0.39 is 0 Å². The number of hydroxylamine groups is 4. The maximum atomic E-state index is 9.92. The van der Waals surface area contributed by atoms with Crippen LogP contribution in [0.25, 0.3) is 0 Å². The number of benzene rings is 2. The van der Waals surface area contributed by atoms with E-state index in [-0.39, 0.29) is 24.3 Å². The van der Waals surface area contributed by atoms with Crippen molar-refractivity contribution in [2.45, 2.75) is 38.1 Å². The van der Waals surface area contributed by atoms with Gasteiger partial charge in [-0.15, -0.1) is 0 Å². The quantitative estimate of drug-likeness (QED) is 0.821. The van der Waals surface area contributed by atoms with Crippen LogP contribution in [-0.2, 0) is 9.47 Å². The molecule has 2 aliphatic heterocycles. The van der Waals surface area contributed by atoms with Crippen molar-refractivity contribution in [2.75, 3.05) is 26.3 Å². The van der Waals surface area contributed by atoms with Gasteiger partial charge in [0.2, 0.25) is 0 Å². The Hall–Kier alpha value is -1.80. The lowest BCUT2D eigenvalue weighted by Crippen LogP contribution is -2.46. The van der Waals surface area contributed by atoms with Gasteiger partial charge in [-0.2, -0.15) is 10.1 Å². The summed E-state index contributed by atoms with van der Waals surface area (Å²) < 4.78 is 11.0. The summed E-state index contributed by atoms with van der Waals surface area (Å²) in [6, 6.07) is 19.8. The van der Waals surface area contributed by atoms with Gasteiger partial charge in [0.1, 0.15) is 0 Å². The number of nitrogens with zero attached hydrogens (tertiary/aromatic N) is 2. The van der Waals surface area contributed by atoms with Crippen molar-refractivity contribution in [1.29, 1.82) is 0 Å². The highest BCUT2D eigenvalue weighted by Gasteiger charge is 2.32. The Labute approximate surface area is 166 Å². The molecule has 0 aliphatic carbocycles. The molecule has 0 aromatic heterocycles. The average Bonchev–Trinajstić information content (AvgIpc) is 2.70. The second kappa shape index (κ2) is 10.1. The first-order chi connectivity index (χ1) is 13.6. The molecule has 4 rings (SSSR count). The zero-order valence-corrected chi connectivity index (χ0v) is 16.5. The molecule has 2 N–H and O–H groups in total. The molecule has 6 nitrogen and oxygen atoms in total. The van der Waals surface area contributed by atoms with Crippen LogP contribution < -0.4 is 0 Å². The molecular weight excluding hydrogens is 356 g/mol. The molecule has 4 unspecified atom stereocenters. The zero-order chi connectivity index (χ0) is 19.9. The van der Waals surface area contributed by atoms with Gasteiger partial charge >= 0.3 is 0 Å². The van der Waals surface area contributed by atoms with E-state index in [9.17, 15) is 10.4 Å². The monoisotopic (exact) mass is 386 g/mol. The molecule has 2 aromatic rings. The van der Waals surface area contributed by atoms with Gasteiger partial charge in [-0.05, 0) is 25.0 Å². The normalized spacial score (nSPS) is 29.0. The van der Waals surface area contributed by atoms with E-state index in [1.165, 1.54) is 10.1 Å². The van der Waals surface area contributed by atoms with Gasteiger partial charge < -0.3 is 19.9 Å². The third kappa shape index (κ3) is 5.38. The molecule has 2 aromatic carbocycles. The Morgan fingerprint density at radius 2 is 1.46 bits per heavy atom. The lowest BCUT2D eigenvalue weighted by molar-refractivity contribution is -0.227. The fourth-order valence-corrected chi connectivity index (χ4v) is 3.73. The van der Waals surface area contributed by atoms with E-state index in [1.54, 1.807) is 0 Å². The topological polar surface area (TPSA) is 65.4 Å². The largest absolute Gasteiger partial charge is 0.378 e. The minimum absolute atomic E-state index is 0.00468. The molecule has 2 fully saturated rings. The van der Waals surface area contributed by atoms with Crippen LogP contribution in [0.2, 0.25) is 0 Å². The summed E-state index contributed by atoms with van der Waals surface area (Å²) in [7, 11) is 0. The molecule has 0 saturated carbocycles. The number of hydrogen-bond acceptors (Lipinski definition) is 6. The van der Waals surface area contributed by atoms with E-state index in [0.717, 1.165) is 11.1 Å². The van der Waals surface area contributed by atoms with E-state index in [4.69, 9.17) is 9.47 Å². The van der Waals surface area contributed by atoms with Gasteiger partial charge in [-0.25, -0.2) is 0 Å². The van der Waals surface area contributed by atoms with Crippen molar-refractivity contribution in [3.63, 3.8) is 0 Å². The van der Waals surface area contributed by atoms with Gasteiger partial charge in [0.25, 0.3) is 0 Å². The summed E-state index contributed by atoms with van der Waals surface area (Å²) in [4.78, 5) is 0. The Morgan fingerprint density at radius 3 is 2.04 bits per heavy atom. The van der Waals surface area contributed by atoms with Crippen LogP contribution in [0.15, 0.2) is 60.7 Å². The Morgan fingerprint density at radius 1 is 0.857 bits per heavy atom. The molecule has 2 aliphatic rings. The fraction of sp³-hybridized carbons (Fsp3) is 0.455. The van der Waals surface area contributed by atoms with Crippen LogP contribution in [0.4, 0.5) is 0 Å². The molecule has 2 heterocycles. The average molecular weight is 386 g/mol. The first kappa shape index (κ1) is 20.9. The van der Waals surface area contributed by atoms with Crippen LogP contribution >= 0.6 is 0 Å². The second-order valence-electron chi connectivity index (χ2n) is 7.29. The van der Waals surface area contributed by atoms with Crippen molar-refractivity contribution in [3.05, 3.63) is 71.8 Å². The highest BCUT2D eigenvalue weighted by atomic mass is 16.5. The third-order valence-electron chi connectivity index (χ3n) is 5.08. The first-order valence-electron chi connectivity index (χ1n) is 9.80. The minimum Gasteiger partial charge on any atom is -0.378 e.